The van der Waals surface area contributed by atoms with Gasteiger partial charge in [-0.2, -0.15) is 0 Å². The van der Waals surface area contributed by atoms with Crippen LogP contribution in [0.2, 0.25) is 0 Å². The lowest BCUT2D eigenvalue weighted by Gasteiger charge is -2.16. The molecule has 1 fully saturated rings. The van der Waals surface area contributed by atoms with Gasteiger partial charge in [0.2, 0.25) is 0 Å². The number of hydrogen-bond donors (Lipinski definition) is 3. The standard InChI is InChI=1S/C20H18F3N7/c1-10-6-26-19(27-10)11-2-3-30-16(9-25-17(30)4-11)18-12(21)5-13(22)20(29-18)28-15-8-24-7-14(15)23/h2-6,9,14-15,24H,7-8H2,1H3,(H,26,27)(H,28,29)/t14-,15-/m0/s1. The van der Waals surface area contributed by atoms with E-state index in [1.54, 1.807) is 22.9 Å². The number of nitrogens with zero attached hydrogens (tertiary/aromatic N) is 4. The Labute approximate surface area is 169 Å². The fourth-order valence-electron chi connectivity index (χ4n) is 3.57. The van der Waals surface area contributed by atoms with Crippen molar-refractivity contribution in [3.05, 3.63) is 54.1 Å². The van der Waals surface area contributed by atoms with Gasteiger partial charge in [0, 0.05) is 42.8 Å². The first-order chi connectivity index (χ1) is 14.5. The first-order valence-electron chi connectivity index (χ1n) is 9.46. The average molecular weight is 413 g/mol. The van der Waals surface area contributed by atoms with Gasteiger partial charge in [-0.1, -0.05) is 0 Å². The Balaban J connectivity index is 1.53. The Morgan fingerprint density at radius 2 is 2.00 bits per heavy atom. The molecule has 7 nitrogen and oxygen atoms in total. The molecule has 10 heteroatoms. The Hall–Kier alpha value is -3.40. The number of imidazole rings is 2. The SMILES string of the molecule is Cc1cnc(-c2ccn3c(-c4nc(N[C@H]5CNC[C@@H]5F)c(F)cc4F)cnc3c2)[nH]1. The number of aryl methyl sites for hydroxylation is 1. The zero-order chi connectivity index (χ0) is 20.8. The minimum absolute atomic E-state index is 0.0747. The maximum absolute atomic E-state index is 14.6. The van der Waals surface area contributed by atoms with Crippen molar-refractivity contribution in [1.29, 1.82) is 0 Å². The molecule has 0 spiro atoms. The molecule has 1 aliphatic heterocycles. The second-order valence-corrected chi connectivity index (χ2v) is 7.28. The minimum atomic E-state index is -1.18. The summed E-state index contributed by atoms with van der Waals surface area (Å²) in [4.78, 5) is 15.9. The molecule has 3 N–H and O–H groups in total. The monoisotopic (exact) mass is 413 g/mol. The summed E-state index contributed by atoms with van der Waals surface area (Å²) in [5.74, 6) is -1.20. The molecule has 0 amide bonds. The quantitative estimate of drug-likeness (QED) is 0.479. The number of alkyl halides is 1. The molecule has 4 aromatic heterocycles. The number of aromatic nitrogens is 5. The van der Waals surface area contributed by atoms with E-state index in [-0.39, 0.29) is 18.1 Å². The molecule has 1 aliphatic rings. The summed E-state index contributed by atoms with van der Waals surface area (Å²) in [6.07, 6.45) is 3.74. The summed E-state index contributed by atoms with van der Waals surface area (Å²) >= 11 is 0. The molecule has 5 rings (SSSR count). The van der Waals surface area contributed by atoms with E-state index in [4.69, 9.17) is 0 Å². The third-order valence-electron chi connectivity index (χ3n) is 5.12. The summed E-state index contributed by atoms with van der Waals surface area (Å²) in [6.45, 7) is 2.42. The van der Waals surface area contributed by atoms with Crippen LogP contribution in [0.4, 0.5) is 19.0 Å². The van der Waals surface area contributed by atoms with E-state index in [1.165, 1.54) is 6.20 Å². The van der Waals surface area contributed by atoms with Gasteiger partial charge >= 0.3 is 0 Å². The zero-order valence-corrected chi connectivity index (χ0v) is 16.0. The molecule has 0 aliphatic carbocycles. The number of nitrogens with one attached hydrogen (secondary N) is 3. The molecular weight excluding hydrogens is 395 g/mol. The molecule has 154 valence electrons. The van der Waals surface area contributed by atoms with Crippen LogP contribution in [-0.4, -0.2) is 49.6 Å². The topological polar surface area (TPSA) is 82.9 Å². The Kier molecular flexibility index (Phi) is 4.43. The normalized spacial score (nSPS) is 18.9. The summed E-state index contributed by atoms with van der Waals surface area (Å²) in [5, 5.41) is 5.61. The van der Waals surface area contributed by atoms with E-state index < -0.39 is 23.8 Å². The van der Waals surface area contributed by atoms with E-state index in [0.717, 1.165) is 17.3 Å². The number of aromatic amines is 1. The van der Waals surface area contributed by atoms with Gasteiger partial charge < -0.3 is 15.6 Å². The number of pyridine rings is 2. The molecule has 0 bridgehead atoms. The van der Waals surface area contributed by atoms with Crippen LogP contribution in [0, 0.1) is 18.6 Å². The first-order valence-corrected chi connectivity index (χ1v) is 9.46. The zero-order valence-electron chi connectivity index (χ0n) is 16.0. The van der Waals surface area contributed by atoms with Gasteiger partial charge in [0.25, 0.3) is 0 Å². The first kappa shape index (κ1) is 18.6. The van der Waals surface area contributed by atoms with E-state index in [0.29, 0.717) is 23.7 Å². The fourth-order valence-corrected chi connectivity index (χ4v) is 3.57. The number of fused-ring (bicyclic) bond motifs is 1. The maximum atomic E-state index is 14.6. The third-order valence-corrected chi connectivity index (χ3v) is 5.12. The van der Waals surface area contributed by atoms with Crippen LogP contribution in [0.3, 0.4) is 0 Å². The number of halogens is 3. The van der Waals surface area contributed by atoms with Crippen LogP contribution in [0.1, 0.15) is 5.69 Å². The lowest BCUT2D eigenvalue weighted by atomic mass is 10.2. The molecule has 5 heterocycles. The van der Waals surface area contributed by atoms with Gasteiger partial charge in [0.1, 0.15) is 23.3 Å². The molecule has 0 aromatic carbocycles. The number of hydrogen-bond acceptors (Lipinski definition) is 5. The van der Waals surface area contributed by atoms with Crippen LogP contribution in [0.15, 0.2) is 36.8 Å². The molecule has 0 radical (unpaired) electrons. The Morgan fingerprint density at radius 3 is 2.73 bits per heavy atom. The van der Waals surface area contributed by atoms with Crippen molar-refractivity contribution in [1.82, 2.24) is 29.7 Å². The van der Waals surface area contributed by atoms with Crippen molar-refractivity contribution in [3.63, 3.8) is 0 Å². The lowest BCUT2D eigenvalue weighted by molar-refractivity contribution is 0.341. The predicted octanol–water partition coefficient (Wildman–Crippen LogP) is 3.09. The second-order valence-electron chi connectivity index (χ2n) is 7.28. The second kappa shape index (κ2) is 7.13. The molecule has 2 atom stereocenters. The lowest BCUT2D eigenvalue weighted by Crippen LogP contribution is -2.30. The van der Waals surface area contributed by atoms with Crippen molar-refractivity contribution >= 4 is 11.5 Å². The summed E-state index contributed by atoms with van der Waals surface area (Å²) in [7, 11) is 0. The predicted molar refractivity (Wildman–Crippen MR) is 106 cm³/mol. The molecule has 0 saturated carbocycles. The van der Waals surface area contributed by atoms with Crippen molar-refractivity contribution < 1.29 is 13.2 Å². The van der Waals surface area contributed by atoms with Gasteiger partial charge in [-0.25, -0.2) is 28.1 Å². The van der Waals surface area contributed by atoms with Crippen LogP contribution < -0.4 is 10.6 Å². The number of H-pyrrole nitrogens is 1. The highest BCUT2D eigenvalue weighted by molar-refractivity contribution is 5.67. The van der Waals surface area contributed by atoms with Crippen molar-refractivity contribution in [2.75, 3.05) is 18.4 Å². The molecular formula is C20H18F3N7. The molecule has 0 unspecified atom stereocenters. The minimum Gasteiger partial charge on any atom is -0.361 e. The van der Waals surface area contributed by atoms with Crippen LogP contribution >= 0.6 is 0 Å². The maximum Gasteiger partial charge on any atom is 0.168 e. The van der Waals surface area contributed by atoms with Crippen LogP contribution in [0.5, 0.6) is 0 Å². The third kappa shape index (κ3) is 3.18. The highest BCUT2D eigenvalue weighted by Gasteiger charge is 2.28. The van der Waals surface area contributed by atoms with E-state index in [2.05, 4.69) is 30.6 Å². The smallest absolute Gasteiger partial charge is 0.168 e. The van der Waals surface area contributed by atoms with Crippen molar-refractivity contribution in [3.8, 4) is 22.8 Å². The van der Waals surface area contributed by atoms with Gasteiger partial charge in [-0.05, 0) is 19.1 Å². The summed E-state index contributed by atoms with van der Waals surface area (Å²) < 4.78 is 44.4. The van der Waals surface area contributed by atoms with Gasteiger partial charge in [-0.15, -0.1) is 0 Å². The highest BCUT2D eigenvalue weighted by Crippen LogP contribution is 2.28. The van der Waals surface area contributed by atoms with E-state index >= 15 is 0 Å². The van der Waals surface area contributed by atoms with Crippen molar-refractivity contribution in [2.45, 2.75) is 19.1 Å². The largest absolute Gasteiger partial charge is 0.361 e. The van der Waals surface area contributed by atoms with Crippen LogP contribution in [-0.2, 0) is 0 Å². The fraction of sp³-hybridized carbons (Fsp3) is 0.250. The summed E-state index contributed by atoms with van der Waals surface area (Å²) in [6, 6.07) is 3.74. The van der Waals surface area contributed by atoms with Gasteiger partial charge in [0.05, 0.1) is 17.9 Å². The Bertz CT molecular complexity index is 1230. The van der Waals surface area contributed by atoms with E-state index in [9.17, 15) is 13.2 Å². The number of rotatable bonds is 4. The van der Waals surface area contributed by atoms with Gasteiger partial charge in [-0.3, -0.25) is 4.40 Å². The summed E-state index contributed by atoms with van der Waals surface area (Å²) in [5.41, 5.74) is 2.59. The average Bonchev–Trinajstić information content (AvgIpc) is 3.44. The highest BCUT2D eigenvalue weighted by atomic mass is 19.1. The molecule has 1 saturated heterocycles. The Morgan fingerprint density at radius 1 is 1.13 bits per heavy atom. The number of anilines is 1. The molecule has 4 aromatic rings. The van der Waals surface area contributed by atoms with Crippen molar-refractivity contribution in [2.24, 2.45) is 0 Å². The van der Waals surface area contributed by atoms with Gasteiger partial charge in [0.15, 0.2) is 17.5 Å². The van der Waals surface area contributed by atoms with Crippen LogP contribution in [0.25, 0.3) is 28.4 Å². The van der Waals surface area contributed by atoms with E-state index in [1.807, 2.05) is 13.0 Å². The molecule has 30 heavy (non-hydrogen) atoms.